The summed E-state index contributed by atoms with van der Waals surface area (Å²) in [6.45, 7) is 4.23. The van der Waals surface area contributed by atoms with Crippen LogP contribution in [0.5, 0.6) is 0 Å². The highest BCUT2D eigenvalue weighted by molar-refractivity contribution is 5.69. The molecule has 0 heterocycles. The van der Waals surface area contributed by atoms with Gasteiger partial charge in [-0.2, -0.15) is 0 Å². The van der Waals surface area contributed by atoms with Gasteiger partial charge in [0.05, 0.1) is 5.92 Å². The van der Waals surface area contributed by atoms with E-state index in [4.69, 9.17) is 5.11 Å². The summed E-state index contributed by atoms with van der Waals surface area (Å²) in [6.07, 6.45) is 23.1. The average Bonchev–Trinajstić information content (AvgIpc) is 2.54. The van der Waals surface area contributed by atoms with Crippen LogP contribution in [0.15, 0.2) is 12.2 Å². The second-order valence-electron chi connectivity index (χ2n) is 6.82. The molecular weight excluding hydrogens is 284 g/mol. The van der Waals surface area contributed by atoms with Crippen LogP contribution in [0.4, 0.5) is 0 Å². The maximum Gasteiger partial charge on any atom is 0.306 e. The fraction of sp³-hybridized carbons (Fsp3) is 0.857. The van der Waals surface area contributed by atoms with Crippen LogP contribution in [-0.4, -0.2) is 11.1 Å². The van der Waals surface area contributed by atoms with Gasteiger partial charge in [0.15, 0.2) is 0 Å². The molecule has 0 radical (unpaired) electrons. The van der Waals surface area contributed by atoms with Crippen molar-refractivity contribution in [3.05, 3.63) is 12.2 Å². The molecule has 1 atom stereocenters. The first kappa shape index (κ1) is 22.2. The summed E-state index contributed by atoms with van der Waals surface area (Å²) in [4.78, 5) is 10.9. The van der Waals surface area contributed by atoms with Crippen molar-refractivity contribution in [1.82, 2.24) is 0 Å². The maximum atomic E-state index is 10.9. The van der Waals surface area contributed by atoms with Gasteiger partial charge in [-0.1, -0.05) is 83.8 Å². The van der Waals surface area contributed by atoms with Crippen LogP contribution in [-0.2, 0) is 4.79 Å². The molecule has 0 amide bonds. The van der Waals surface area contributed by atoms with Crippen molar-refractivity contribution >= 4 is 5.97 Å². The predicted molar refractivity (Wildman–Crippen MR) is 101 cm³/mol. The summed E-state index contributed by atoms with van der Waals surface area (Å²) in [6, 6.07) is 0. The SMILES string of the molecule is CCCCCC/C=C\CCCCCCCCCC(CC)C(=O)O. The van der Waals surface area contributed by atoms with Crippen LogP contribution in [0, 0.1) is 5.92 Å². The van der Waals surface area contributed by atoms with Gasteiger partial charge in [0.2, 0.25) is 0 Å². The number of allylic oxidation sites excluding steroid dienone is 2. The molecule has 0 aromatic rings. The van der Waals surface area contributed by atoms with Gasteiger partial charge in [0.25, 0.3) is 0 Å². The van der Waals surface area contributed by atoms with Crippen LogP contribution in [0.3, 0.4) is 0 Å². The van der Waals surface area contributed by atoms with Crippen LogP contribution in [0.2, 0.25) is 0 Å². The molecule has 0 aliphatic carbocycles. The fourth-order valence-electron chi connectivity index (χ4n) is 2.96. The quantitative estimate of drug-likeness (QED) is 0.228. The Morgan fingerprint density at radius 2 is 1.26 bits per heavy atom. The number of aliphatic carboxylic acids is 1. The minimum atomic E-state index is -0.620. The first-order valence-corrected chi connectivity index (χ1v) is 10.1. The molecule has 0 fully saturated rings. The number of hydrogen-bond donors (Lipinski definition) is 1. The molecule has 2 nitrogen and oxygen atoms in total. The van der Waals surface area contributed by atoms with Gasteiger partial charge in [-0.25, -0.2) is 0 Å². The third-order valence-electron chi connectivity index (χ3n) is 4.66. The molecule has 136 valence electrons. The van der Waals surface area contributed by atoms with Gasteiger partial charge in [-0.15, -0.1) is 0 Å². The second kappa shape index (κ2) is 17.6. The molecule has 23 heavy (non-hydrogen) atoms. The van der Waals surface area contributed by atoms with E-state index in [9.17, 15) is 4.79 Å². The smallest absolute Gasteiger partial charge is 0.306 e. The number of hydrogen-bond acceptors (Lipinski definition) is 1. The van der Waals surface area contributed by atoms with E-state index in [1.807, 2.05) is 6.92 Å². The van der Waals surface area contributed by atoms with E-state index in [2.05, 4.69) is 19.1 Å². The summed E-state index contributed by atoms with van der Waals surface area (Å²) in [5.41, 5.74) is 0. The molecule has 0 bridgehead atoms. The molecule has 1 unspecified atom stereocenters. The molecule has 0 aliphatic rings. The summed E-state index contributed by atoms with van der Waals surface area (Å²) < 4.78 is 0. The van der Waals surface area contributed by atoms with E-state index < -0.39 is 5.97 Å². The van der Waals surface area contributed by atoms with Gasteiger partial charge in [0, 0.05) is 0 Å². The lowest BCUT2D eigenvalue weighted by atomic mass is 9.98. The zero-order valence-corrected chi connectivity index (χ0v) is 15.7. The maximum absolute atomic E-state index is 10.9. The number of carboxylic acid groups (broad SMARTS) is 1. The highest BCUT2D eigenvalue weighted by Crippen LogP contribution is 2.16. The minimum absolute atomic E-state index is 0.122. The number of carbonyl (C=O) groups is 1. The Hall–Kier alpha value is -0.790. The standard InChI is InChI=1S/C21H40O2/c1-3-5-6-7-8-9-10-11-12-13-14-15-16-17-18-19-20(4-2)21(22)23/h9-10,20H,3-8,11-19H2,1-2H3,(H,22,23)/b10-9-. The van der Waals surface area contributed by atoms with E-state index >= 15 is 0 Å². The summed E-state index contributed by atoms with van der Waals surface area (Å²) >= 11 is 0. The molecule has 0 aromatic carbocycles. The lowest BCUT2D eigenvalue weighted by molar-refractivity contribution is -0.142. The monoisotopic (exact) mass is 324 g/mol. The molecule has 0 spiro atoms. The Balaban J connectivity index is 3.21. The highest BCUT2D eigenvalue weighted by atomic mass is 16.4. The van der Waals surface area contributed by atoms with Crippen molar-refractivity contribution in [3.8, 4) is 0 Å². The topological polar surface area (TPSA) is 37.3 Å². The molecule has 0 aliphatic heterocycles. The van der Waals surface area contributed by atoms with Gasteiger partial charge < -0.3 is 5.11 Å². The van der Waals surface area contributed by atoms with Gasteiger partial charge in [-0.3, -0.25) is 4.79 Å². The van der Waals surface area contributed by atoms with Crippen molar-refractivity contribution in [2.45, 2.75) is 110 Å². The number of unbranched alkanes of at least 4 members (excludes halogenated alkanes) is 11. The Morgan fingerprint density at radius 3 is 1.74 bits per heavy atom. The summed E-state index contributed by atoms with van der Waals surface area (Å²) in [5.74, 6) is -0.741. The van der Waals surface area contributed by atoms with E-state index in [1.54, 1.807) is 0 Å². The third kappa shape index (κ3) is 15.9. The van der Waals surface area contributed by atoms with Crippen molar-refractivity contribution in [1.29, 1.82) is 0 Å². The Morgan fingerprint density at radius 1 is 0.783 bits per heavy atom. The molecule has 0 saturated heterocycles. The normalized spacial score (nSPS) is 12.8. The fourth-order valence-corrected chi connectivity index (χ4v) is 2.96. The molecule has 1 N–H and O–H groups in total. The zero-order valence-electron chi connectivity index (χ0n) is 15.7. The van der Waals surface area contributed by atoms with Gasteiger partial charge in [-0.05, 0) is 38.5 Å². The molecule has 0 rings (SSSR count). The van der Waals surface area contributed by atoms with Crippen LogP contribution in [0.1, 0.15) is 110 Å². The van der Waals surface area contributed by atoms with E-state index in [0.29, 0.717) is 0 Å². The molecule has 0 saturated carbocycles. The predicted octanol–water partition coefficient (Wildman–Crippen LogP) is 7.13. The van der Waals surface area contributed by atoms with Crippen molar-refractivity contribution < 1.29 is 9.90 Å². The van der Waals surface area contributed by atoms with Crippen LogP contribution >= 0.6 is 0 Å². The van der Waals surface area contributed by atoms with E-state index in [-0.39, 0.29) is 5.92 Å². The summed E-state index contributed by atoms with van der Waals surface area (Å²) in [7, 11) is 0. The average molecular weight is 325 g/mol. The van der Waals surface area contributed by atoms with Gasteiger partial charge in [0.1, 0.15) is 0 Å². The van der Waals surface area contributed by atoms with Crippen molar-refractivity contribution in [2.24, 2.45) is 5.92 Å². The highest BCUT2D eigenvalue weighted by Gasteiger charge is 2.13. The van der Waals surface area contributed by atoms with Crippen LogP contribution in [0.25, 0.3) is 0 Å². The Labute approximate surface area is 144 Å². The second-order valence-corrected chi connectivity index (χ2v) is 6.82. The van der Waals surface area contributed by atoms with E-state index in [0.717, 1.165) is 19.3 Å². The Kier molecular flexibility index (Phi) is 17.0. The lowest BCUT2D eigenvalue weighted by Crippen LogP contribution is -2.12. The van der Waals surface area contributed by atoms with Gasteiger partial charge >= 0.3 is 5.97 Å². The van der Waals surface area contributed by atoms with Crippen LogP contribution < -0.4 is 0 Å². The number of carboxylic acids is 1. The summed E-state index contributed by atoms with van der Waals surface area (Å²) in [5, 5.41) is 8.98. The molecule has 0 aromatic heterocycles. The lowest BCUT2D eigenvalue weighted by Gasteiger charge is -2.08. The first-order chi connectivity index (χ1) is 11.2. The van der Waals surface area contributed by atoms with Crippen molar-refractivity contribution in [2.75, 3.05) is 0 Å². The minimum Gasteiger partial charge on any atom is -0.481 e. The Bertz CT molecular complexity index is 284. The van der Waals surface area contributed by atoms with Crippen molar-refractivity contribution in [3.63, 3.8) is 0 Å². The first-order valence-electron chi connectivity index (χ1n) is 10.1. The molecule has 2 heteroatoms. The number of rotatable bonds is 17. The third-order valence-corrected chi connectivity index (χ3v) is 4.66. The zero-order chi connectivity index (χ0) is 17.2. The van der Waals surface area contributed by atoms with E-state index in [1.165, 1.54) is 77.0 Å². The largest absolute Gasteiger partial charge is 0.481 e. The molecular formula is C21H40O2.